The molecule has 0 spiro atoms. The molecule has 1 aliphatic heterocycles. The van der Waals surface area contributed by atoms with E-state index in [2.05, 4.69) is 171 Å². The predicted molar refractivity (Wildman–Crippen MR) is 222 cm³/mol. The summed E-state index contributed by atoms with van der Waals surface area (Å²) >= 11 is 0. The van der Waals surface area contributed by atoms with E-state index in [0.717, 1.165) is 28.0 Å². The second-order valence-corrected chi connectivity index (χ2v) is 15.0. The molecule has 10 aromatic carbocycles. The molecule has 1 aromatic heterocycles. The summed E-state index contributed by atoms with van der Waals surface area (Å²) in [7, 11) is 0. The van der Waals surface area contributed by atoms with Gasteiger partial charge in [-0.15, -0.1) is 0 Å². The van der Waals surface area contributed by atoms with Crippen molar-refractivity contribution < 1.29 is 9.15 Å². The Balaban J connectivity index is 0.929. The highest BCUT2D eigenvalue weighted by Gasteiger charge is 2.33. The Hall–Kier alpha value is -6.64. The molecule has 0 saturated heterocycles. The molecule has 2 heteroatoms. The zero-order valence-electron chi connectivity index (χ0n) is 29.1. The van der Waals surface area contributed by atoms with Gasteiger partial charge in [0.25, 0.3) is 0 Å². The van der Waals surface area contributed by atoms with Crippen LogP contribution < -0.4 is 4.74 Å². The van der Waals surface area contributed by atoms with Gasteiger partial charge in [-0.2, -0.15) is 0 Å². The highest BCUT2D eigenvalue weighted by atomic mass is 16.5. The normalized spacial score (nSPS) is 15.8. The van der Waals surface area contributed by atoms with Gasteiger partial charge in [-0.05, 0) is 148 Å². The van der Waals surface area contributed by atoms with Gasteiger partial charge < -0.3 is 9.15 Å². The van der Waals surface area contributed by atoms with Crippen LogP contribution in [-0.4, -0.2) is 0 Å². The Morgan fingerprint density at radius 1 is 0.396 bits per heavy atom. The summed E-state index contributed by atoms with van der Waals surface area (Å²) in [6, 6.07) is 60.0. The Kier molecular flexibility index (Phi) is 5.85. The summed E-state index contributed by atoms with van der Waals surface area (Å²) in [6.07, 6.45) is -0.0341. The van der Waals surface area contributed by atoms with Crippen molar-refractivity contribution in [2.75, 3.05) is 0 Å². The van der Waals surface area contributed by atoms with Gasteiger partial charge in [0.2, 0.25) is 0 Å². The third-order valence-corrected chi connectivity index (χ3v) is 11.8. The van der Waals surface area contributed by atoms with E-state index in [9.17, 15) is 0 Å². The molecule has 53 heavy (non-hydrogen) atoms. The molecule has 0 amide bonds. The molecule has 2 nitrogen and oxygen atoms in total. The van der Waals surface area contributed by atoms with E-state index >= 15 is 0 Å². The van der Waals surface area contributed by atoms with Gasteiger partial charge in [-0.25, -0.2) is 0 Å². The van der Waals surface area contributed by atoms with Crippen LogP contribution in [0.4, 0.5) is 0 Å². The van der Waals surface area contributed by atoms with Crippen LogP contribution in [0.25, 0.3) is 97.7 Å². The Morgan fingerprint density at radius 3 is 1.64 bits per heavy atom. The van der Waals surface area contributed by atoms with Crippen LogP contribution in [0.2, 0.25) is 0 Å². The number of benzene rings is 10. The first-order valence-electron chi connectivity index (χ1n) is 18.5. The van der Waals surface area contributed by atoms with Crippen molar-refractivity contribution in [3.63, 3.8) is 0 Å². The summed E-state index contributed by atoms with van der Waals surface area (Å²) in [5.41, 5.74) is 4.47. The topological polar surface area (TPSA) is 22.4 Å². The first kappa shape index (κ1) is 29.0. The fourth-order valence-electron chi connectivity index (χ4n) is 9.04. The zero-order valence-corrected chi connectivity index (χ0v) is 29.1. The third kappa shape index (κ3) is 4.39. The lowest BCUT2D eigenvalue weighted by atomic mass is 9.89. The van der Waals surface area contributed by atoms with E-state index in [-0.39, 0.29) is 12.0 Å². The third-order valence-electron chi connectivity index (χ3n) is 11.8. The van der Waals surface area contributed by atoms with Crippen LogP contribution in [0.1, 0.15) is 30.1 Å². The lowest BCUT2D eigenvalue weighted by molar-refractivity contribution is 0.216. The van der Waals surface area contributed by atoms with Crippen molar-refractivity contribution in [2.45, 2.75) is 18.9 Å². The second-order valence-electron chi connectivity index (χ2n) is 15.0. The van der Waals surface area contributed by atoms with Crippen LogP contribution >= 0.6 is 0 Å². The minimum atomic E-state index is -0.0341. The van der Waals surface area contributed by atoms with E-state index < -0.39 is 0 Å². The Bertz CT molecular complexity index is 3350. The van der Waals surface area contributed by atoms with Crippen LogP contribution in [0.15, 0.2) is 168 Å². The van der Waals surface area contributed by atoms with E-state index in [0.29, 0.717) is 0 Å². The molecule has 0 bridgehead atoms. The standard InChI is InChI=1S/C51H32O2/c1-29-45-25-37-15-17-43-44(47(37)28-50(45)53-51(29)39-13-11-35-19-31-7-3-5-9-33(31)21-41(35)24-39)16-14-36-22-42-26-48(52-49(42)27-46(36)43)38-12-10-34-18-30-6-2-4-8-32(30)20-40(34)23-38/h2-29,51H,1H3. The average Bonchev–Trinajstić information content (AvgIpc) is 3.76. The molecular formula is C51H32O2. The van der Waals surface area contributed by atoms with Crippen LogP contribution in [0, 0.1) is 0 Å². The van der Waals surface area contributed by atoms with Gasteiger partial charge in [0, 0.05) is 22.4 Å². The Morgan fingerprint density at radius 2 is 0.943 bits per heavy atom. The molecule has 2 atom stereocenters. The summed E-state index contributed by atoms with van der Waals surface area (Å²) in [5, 5.41) is 18.4. The van der Waals surface area contributed by atoms with E-state index in [1.165, 1.54) is 86.5 Å². The summed E-state index contributed by atoms with van der Waals surface area (Å²) in [4.78, 5) is 0. The summed E-state index contributed by atoms with van der Waals surface area (Å²) in [5.74, 6) is 2.11. The van der Waals surface area contributed by atoms with Crippen LogP contribution in [0.5, 0.6) is 5.75 Å². The van der Waals surface area contributed by atoms with Gasteiger partial charge in [0.15, 0.2) is 0 Å². The number of ether oxygens (including phenoxy) is 1. The second kappa shape index (κ2) is 10.7. The lowest BCUT2D eigenvalue weighted by Crippen LogP contribution is -2.07. The average molecular weight is 677 g/mol. The molecule has 0 saturated carbocycles. The minimum absolute atomic E-state index is 0.0341. The largest absolute Gasteiger partial charge is 0.485 e. The highest BCUT2D eigenvalue weighted by Crippen LogP contribution is 2.49. The van der Waals surface area contributed by atoms with Crippen molar-refractivity contribution in [3.05, 3.63) is 175 Å². The molecule has 0 radical (unpaired) electrons. The predicted octanol–water partition coefficient (Wildman–Crippen LogP) is 14.4. The van der Waals surface area contributed by atoms with E-state index in [4.69, 9.17) is 9.15 Å². The quantitative estimate of drug-likeness (QED) is 0.134. The van der Waals surface area contributed by atoms with Crippen molar-refractivity contribution in [2.24, 2.45) is 0 Å². The van der Waals surface area contributed by atoms with Gasteiger partial charge in [0.05, 0.1) is 0 Å². The fraction of sp³-hybridized carbons (Fsp3) is 0.0588. The molecular weight excluding hydrogens is 645 g/mol. The number of hydrogen-bond acceptors (Lipinski definition) is 2. The van der Waals surface area contributed by atoms with Crippen molar-refractivity contribution >= 4 is 86.4 Å². The molecule has 2 unspecified atom stereocenters. The van der Waals surface area contributed by atoms with E-state index in [1.807, 2.05) is 0 Å². The molecule has 248 valence electrons. The smallest absolute Gasteiger partial charge is 0.135 e. The van der Waals surface area contributed by atoms with Crippen molar-refractivity contribution in [3.8, 4) is 17.1 Å². The van der Waals surface area contributed by atoms with Crippen LogP contribution in [0.3, 0.4) is 0 Å². The summed E-state index contributed by atoms with van der Waals surface area (Å²) < 4.78 is 13.4. The first-order valence-corrected chi connectivity index (χ1v) is 18.5. The molecule has 1 aliphatic rings. The maximum atomic E-state index is 6.82. The zero-order chi connectivity index (χ0) is 34.8. The molecule has 2 heterocycles. The maximum Gasteiger partial charge on any atom is 0.135 e. The molecule has 11 aromatic rings. The number of fused-ring (bicyclic) bond motifs is 11. The maximum absolute atomic E-state index is 6.82. The first-order chi connectivity index (χ1) is 26.1. The Labute approximate surface area is 305 Å². The van der Waals surface area contributed by atoms with Gasteiger partial charge in [-0.3, -0.25) is 0 Å². The lowest BCUT2D eigenvalue weighted by Gasteiger charge is -2.17. The molecule has 0 fully saturated rings. The number of hydrogen-bond donors (Lipinski definition) is 0. The monoisotopic (exact) mass is 676 g/mol. The van der Waals surface area contributed by atoms with Crippen LogP contribution in [-0.2, 0) is 0 Å². The van der Waals surface area contributed by atoms with Crippen molar-refractivity contribution in [1.82, 2.24) is 0 Å². The van der Waals surface area contributed by atoms with E-state index in [1.54, 1.807) is 0 Å². The van der Waals surface area contributed by atoms with Gasteiger partial charge in [0.1, 0.15) is 23.2 Å². The fourth-order valence-corrected chi connectivity index (χ4v) is 9.04. The summed E-state index contributed by atoms with van der Waals surface area (Å²) in [6.45, 7) is 2.30. The molecule has 12 rings (SSSR count). The van der Waals surface area contributed by atoms with Gasteiger partial charge >= 0.3 is 0 Å². The number of furan rings is 1. The SMILES string of the molecule is CC1c2cc3ccc4c5cc6oc(-c7ccc8cc9ccccc9cc8c7)cc6cc5ccc4c3cc2OC1c1ccc2cc3ccccc3cc2c1. The van der Waals surface area contributed by atoms with Crippen molar-refractivity contribution in [1.29, 1.82) is 0 Å². The molecule has 0 aliphatic carbocycles. The van der Waals surface area contributed by atoms with Gasteiger partial charge in [-0.1, -0.05) is 104 Å². The molecule has 0 N–H and O–H groups in total. The highest BCUT2D eigenvalue weighted by molar-refractivity contribution is 6.19. The minimum Gasteiger partial charge on any atom is -0.485 e. The number of rotatable bonds is 2.